The van der Waals surface area contributed by atoms with E-state index >= 15 is 0 Å². The van der Waals surface area contributed by atoms with Crippen molar-refractivity contribution in [2.75, 3.05) is 0 Å². The number of hydrogen-bond acceptors (Lipinski definition) is 12. The molecule has 12 heteroatoms. The fraction of sp³-hybridized carbons (Fsp3) is 0.0698. The summed E-state index contributed by atoms with van der Waals surface area (Å²) in [7, 11) is 0. The quantitative estimate of drug-likeness (QED) is 0.102. The Hall–Kier alpha value is -18.0. The number of pyridine rings is 3. The van der Waals surface area contributed by atoms with Crippen LogP contribution in [0, 0.1) is 0 Å². The maximum absolute atomic E-state index is 5.36. The van der Waals surface area contributed by atoms with Crippen LogP contribution in [-0.2, 0) is 16.2 Å². The minimum Gasteiger partial charge on any atom is -0.248 e. The van der Waals surface area contributed by atoms with Gasteiger partial charge in [-0.25, -0.2) is 59.8 Å². The second kappa shape index (κ2) is 35.6. The summed E-state index contributed by atoms with van der Waals surface area (Å²) < 4.78 is 0. The van der Waals surface area contributed by atoms with Gasteiger partial charge in [0.15, 0.2) is 52.4 Å². The summed E-state index contributed by atoms with van der Waals surface area (Å²) in [6.07, 6.45) is 0. The summed E-state index contributed by atoms with van der Waals surface area (Å²) in [5, 5.41) is 3.05. The van der Waals surface area contributed by atoms with Crippen molar-refractivity contribution >= 4 is 32.7 Å². The SMILES string of the molecule is CC1(C)c2ccccc2-c2cc3c(-c4nc(-c5ccccc5)nc(-c5cccc(-c6ccccc6)c5)n4)cc(-c4ccccc4)nc3cc21.CC1(C)c2ccccc2-c2cc3c(-c4nc(-c5ccccc5)nc(-c5ccccc5)n4)cc(-c4cccc(-c5ccccc5)c4)nc3cc21.CC1(C)c2ccccc2-c2cc3c(-c4nc(-c5ccccc5)nc(-c5ccccc5)n4)cc(-c4ccccc4)nc3cc21. The highest BCUT2D eigenvalue weighted by atomic mass is 15.1. The Kier molecular flexibility index (Phi) is 21.7. The Balaban J connectivity index is 0.000000115. The summed E-state index contributed by atoms with van der Waals surface area (Å²) in [5.41, 5.74) is 36.4. The van der Waals surface area contributed by atoms with Crippen molar-refractivity contribution in [2.45, 2.75) is 57.8 Å². The number of rotatable bonds is 14. The predicted octanol–water partition coefficient (Wildman–Crippen LogP) is 31.5. The lowest BCUT2D eigenvalue weighted by Gasteiger charge is -2.22. The van der Waals surface area contributed by atoms with Gasteiger partial charge in [0.25, 0.3) is 0 Å². The van der Waals surface area contributed by atoms with Gasteiger partial charge in [0.05, 0.1) is 33.6 Å². The van der Waals surface area contributed by atoms with E-state index in [1.165, 1.54) is 72.3 Å². The molecule has 0 spiro atoms. The minimum atomic E-state index is -0.153. The predicted molar refractivity (Wildman–Crippen MR) is 574 cm³/mol. The smallest absolute Gasteiger partial charge is 0.164 e. The van der Waals surface area contributed by atoms with E-state index in [0.717, 1.165) is 133 Å². The van der Waals surface area contributed by atoms with Gasteiger partial charge in [-0.1, -0.05) is 424 Å². The van der Waals surface area contributed by atoms with E-state index in [-0.39, 0.29) is 16.2 Å². The van der Waals surface area contributed by atoms with Gasteiger partial charge < -0.3 is 0 Å². The van der Waals surface area contributed by atoms with Crippen LogP contribution in [0.15, 0.2) is 449 Å². The van der Waals surface area contributed by atoms with E-state index in [4.69, 9.17) is 59.8 Å². The first-order valence-electron chi connectivity index (χ1n) is 47.9. The molecule has 0 unspecified atom stereocenters. The van der Waals surface area contributed by atoms with Crippen molar-refractivity contribution < 1.29 is 0 Å². The molecule has 0 bridgehead atoms. The van der Waals surface area contributed by atoms with Gasteiger partial charge in [0.1, 0.15) is 0 Å². The molecule has 26 rings (SSSR count). The number of nitrogens with zero attached hydrogens (tertiary/aromatic N) is 12. The van der Waals surface area contributed by atoms with E-state index in [1.54, 1.807) is 0 Å². The molecule has 6 heterocycles. The van der Waals surface area contributed by atoms with Crippen molar-refractivity contribution in [3.8, 4) is 192 Å². The molecule has 0 radical (unpaired) electrons. The second-order valence-electron chi connectivity index (χ2n) is 37.8. The van der Waals surface area contributed by atoms with E-state index < -0.39 is 0 Å². The highest BCUT2D eigenvalue weighted by molar-refractivity contribution is 6.05. The Morgan fingerprint density at radius 2 is 0.333 bits per heavy atom. The third-order valence-electron chi connectivity index (χ3n) is 28.0. The summed E-state index contributed by atoms with van der Waals surface area (Å²) in [4.78, 5) is 61.8. The lowest BCUT2D eigenvalue weighted by atomic mass is 9.82. The number of benzene rings is 17. The van der Waals surface area contributed by atoms with Gasteiger partial charge in [-0.05, 0) is 156 Å². The second-order valence-corrected chi connectivity index (χ2v) is 37.8. The lowest BCUT2D eigenvalue weighted by Crippen LogP contribution is -2.15. The fourth-order valence-electron chi connectivity index (χ4n) is 20.6. The van der Waals surface area contributed by atoms with Crippen LogP contribution in [0.5, 0.6) is 0 Å². The molecule has 0 amide bonds. The standard InChI is InChI=1S/2C45H32N4.C39H28N4/c1-45(2)38-24-13-12-23-34(38)35-26-36-37(44-48-42(30-17-8-4-9-18-30)47-43(49-44)31-19-10-5-11-20-31)27-40(46-41(36)28-39(35)45)33-22-14-21-32(25-33)29-15-6-3-7-16-29;1-45(2)38-24-13-12-23-34(38)35-26-36-37(27-40(30-17-8-4-9-18-30)46-41(36)28-39(35)45)44-48-42(31-19-10-5-11-20-31)47-43(49-44)33-22-14-21-32(25-33)29-15-6-3-7-16-29;1-39(2)32-21-13-12-20-28(32)29-22-30-31(23-34(25-14-6-3-7-15-25)40-35(30)24-33(29)39)38-42-36(26-16-8-4-9-17-26)41-37(43-38)27-18-10-5-11-19-27/h2*3-28H,1-2H3;3-24H,1-2H3. The van der Waals surface area contributed by atoms with Crippen LogP contribution in [0.1, 0.15) is 74.9 Å². The summed E-state index contributed by atoms with van der Waals surface area (Å²) in [5.74, 6) is 5.67. The van der Waals surface area contributed by atoms with Crippen molar-refractivity contribution in [2.24, 2.45) is 0 Å². The van der Waals surface area contributed by atoms with E-state index in [1.807, 2.05) is 176 Å². The van der Waals surface area contributed by atoms with Crippen molar-refractivity contribution in [3.05, 3.63) is 482 Å². The summed E-state index contributed by atoms with van der Waals surface area (Å²) in [6.45, 7) is 13.8. The van der Waals surface area contributed by atoms with E-state index in [2.05, 4.69) is 315 Å². The largest absolute Gasteiger partial charge is 0.248 e. The summed E-state index contributed by atoms with van der Waals surface area (Å²) >= 11 is 0. The maximum Gasteiger partial charge on any atom is 0.164 e. The Labute approximate surface area is 818 Å². The van der Waals surface area contributed by atoms with Gasteiger partial charge in [-0.2, -0.15) is 0 Å². The van der Waals surface area contributed by atoms with Crippen LogP contribution in [0.4, 0.5) is 0 Å². The normalized spacial score (nSPS) is 12.9. The van der Waals surface area contributed by atoms with Crippen LogP contribution in [-0.4, -0.2) is 59.8 Å². The average molecular weight is 1810 g/mol. The molecule has 12 nitrogen and oxygen atoms in total. The highest BCUT2D eigenvalue weighted by Gasteiger charge is 2.40. The van der Waals surface area contributed by atoms with Crippen LogP contribution in [0.3, 0.4) is 0 Å². The minimum absolute atomic E-state index is 0.126. The zero-order chi connectivity index (χ0) is 94.9. The van der Waals surface area contributed by atoms with Gasteiger partial charge in [-0.15, -0.1) is 0 Å². The average Bonchev–Trinajstić information content (AvgIpc) is 1.59. The van der Waals surface area contributed by atoms with Crippen LogP contribution < -0.4 is 0 Å². The monoisotopic (exact) mass is 1810 g/mol. The molecule has 0 saturated carbocycles. The molecule has 23 aromatic rings. The van der Waals surface area contributed by atoms with E-state index in [9.17, 15) is 0 Å². The first-order chi connectivity index (χ1) is 69.1. The highest BCUT2D eigenvalue weighted by Crippen LogP contribution is 2.55. The molecule has 0 atom stereocenters. The summed E-state index contributed by atoms with van der Waals surface area (Å²) in [6, 6.07) is 156. The maximum atomic E-state index is 5.36. The third kappa shape index (κ3) is 16.0. The molecule has 668 valence electrons. The van der Waals surface area contributed by atoms with Crippen LogP contribution in [0.25, 0.3) is 225 Å². The number of aromatic nitrogens is 12. The van der Waals surface area contributed by atoms with E-state index in [0.29, 0.717) is 52.4 Å². The molecule has 17 aromatic carbocycles. The molecule has 0 N–H and O–H groups in total. The molecular weight excluding hydrogens is 1720 g/mol. The Bertz CT molecular complexity index is 8650. The molecule has 6 aromatic heterocycles. The molecule has 141 heavy (non-hydrogen) atoms. The number of fused-ring (bicyclic) bond motifs is 12. The molecule has 0 saturated heterocycles. The molecular formula is C129H92N12. The lowest BCUT2D eigenvalue weighted by molar-refractivity contribution is 0.661. The van der Waals surface area contributed by atoms with Crippen LogP contribution >= 0.6 is 0 Å². The van der Waals surface area contributed by atoms with Crippen molar-refractivity contribution in [3.63, 3.8) is 0 Å². The van der Waals surface area contributed by atoms with Crippen molar-refractivity contribution in [1.29, 1.82) is 0 Å². The zero-order valence-corrected chi connectivity index (χ0v) is 78.6. The fourth-order valence-corrected chi connectivity index (χ4v) is 20.6. The van der Waals surface area contributed by atoms with Crippen molar-refractivity contribution in [1.82, 2.24) is 59.8 Å². The van der Waals surface area contributed by atoms with Gasteiger partial charge in [0.2, 0.25) is 0 Å². The van der Waals surface area contributed by atoms with Gasteiger partial charge in [-0.3, -0.25) is 0 Å². The van der Waals surface area contributed by atoms with Gasteiger partial charge in [0, 0.05) is 99.2 Å². The van der Waals surface area contributed by atoms with Crippen LogP contribution in [0.2, 0.25) is 0 Å². The zero-order valence-electron chi connectivity index (χ0n) is 78.6. The third-order valence-corrected chi connectivity index (χ3v) is 28.0. The Morgan fingerprint density at radius 3 is 0.617 bits per heavy atom. The Morgan fingerprint density at radius 1 is 0.128 bits per heavy atom. The topological polar surface area (TPSA) is 155 Å². The van der Waals surface area contributed by atoms with Gasteiger partial charge >= 0.3 is 0 Å². The molecule has 0 fully saturated rings. The molecule has 3 aliphatic carbocycles. The molecule has 3 aliphatic rings. The number of hydrogen-bond donors (Lipinski definition) is 0. The molecule has 0 aliphatic heterocycles. The first-order valence-corrected chi connectivity index (χ1v) is 47.9. The first kappa shape index (κ1) is 85.9.